The first-order valence-electron chi connectivity index (χ1n) is 6.13. The highest BCUT2D eigenvalue weighted by Gasteiger charge is 2.51. The Kier molecular flexibility index (Phi) is 2.77. The van der Waals surface area contributed by atoms with Crippen LogP contribution in [0.5, 0.6) is 0 Å². The van der Waals surface area contributed by atoms with Crippen molar-refractivity contribution in [2.24, 2.45) is 17.8 Å². The number of ether oxygens (including phenoxy) is 2. The molecule has 0 N–H and O–H groups in total. The van der Waals surface area contributed by atoms with E-state index in [1.165, 1.54) is 0 Å². The smallest absolute Gasteiger partial charge is 0.321 e. The van der Waals surface area contributed by atoms with Gasteiger partial charge in [-0.2, -0.15) is 0 Å². The molecule has 0 aromatic heterocycles. The second-order valence-corrected chi connectivity index (χ2v) is 5.60. The molecule has 5 unspecified atom stereocenters. The number of esters is 2. The van der Waals surface area contributed by atoms with E-state index in [0.29, 0.717) is 5.92 Å². The fraction of sp³-hybridized carbons (Fsp3) is 0.833. The fourth-order valence-corrected chi connectivity index (χ4v) is 3.68. The van der Waals surface area contributed by atoms with E-state index in [1.54, 1.807) is 0 Å². The van der Waals surface area contributed by atoms with Gasteiger partial charge in [0, 0.05) is 5.92 Å². The number of alkyl halides is 1. The van der Waals surface area contributed by atoms with Gasteiger partial charge in [-0.25, -0.2) is 0 Å². The largest absolute Gasteiger partial charge is 0.458 e. The quantitative estimate of drug-likeness (QED) is 0.556. The summed E-state index contributed by atoms with van der Waals surface area (Å²) in [5.41, 5.74) is 0. The van der Waals surface area contributed by atoms with Crippen molar-refractivity contribution >= 4 is 23.5 Å². The Labute approximate surface area is 105 Å². The normalized spacial score (nSPS) is 43.1. The lowest BCUT2D eigenvalue weighted by Crippen LogP contribution is -2.45. The minimum atomic E-state index is -0.416. The minimum Gasteiger partial charge on any atom is -0.458 e. The number of rotatable bonds is 2. The number of carbonyl (C=O) groups is 2. The van der Waals surface area contributed by atoms with Crippen LogP contribution >= 0.6 is 11.6 Å². The van der Waals surface area contributed by atoms with Crippen LogP contribution in [0.2, 0.25) is 0 Å². The van der Waals surface area contributed by atoms with Crippen molar-refractivity contribution in [3.05, 3.63) is 0 Å². The molecular formula is C12H15ClO4. The Bertz CT molecular complexity index is 356. The van der Waals surface area contributed by atoms with Crippen molar-refractivity contribution in [3.63, 3.8) is 0 Å². The highest BCUT2D eigenvalue weighted by molar-refractivity contribution is 6.26. The summed E-state index contributed by atoms with van der Waals surface area (Å²) in [6.07, 6.45) is 3.11. The predicted molar refractivity (Wildman–Crippen MR) is 59.4 cm³/mol. The summed E-state index contributed by atoms with van der Waals surface area (Å²) in [5.74, 6) is 0.184. The second kappa shape index (κ2) is 4.16. The van der Waals surface area contributed by atoms with Gasteiger partial charge in [0.05, 0.1) is 5.92 Å². The van der Waals surface area contributed by atoms with Crippen LogP contribution in [-0.4, -0.2) is 30.0 Å². The van der Waals surface area contributed by atoms with Gasteiger partial charge in [-0.15, -0.1) is 11.6 Å². The van der Waals surface area contributed by atoms with Crippen LogP contribution < -0.4 is 0 Å². The second-order valence-electron chi connectivity index (χ2n) is 5.33. The van der Waals surface area contributed by atoms with Gasteiger partial charge in [0.2, 0.25) is 0 Å². The maximum absolute atomic E-state index is 11.8. The van der Waals surface area contributed by atoms with E-state index >= 15 is 0 Å². The van der Waals surface area contributed by atoms with E-state index in [0.717, 1.165) is 25.7 Å². The van der Waals surface area contributed by atoms with E-state index in [1.807, 2.05) is 0 Å². The molecule has 0 spiro atoms. The van der Waals surface area contributed by atoms with E-state index < -0.39 is 5.97 Å². The fourth-order valence-electron chi connectivity index (χ4n) is 3.62. The number of carbonyl (C=O) groups excluding carboxylic acids is 2. The Hall–Kier alpha value is -0.770. The molecule has 5 heteroatoms. The molecule has 17 heavy (non-hydrogen) atoms. The van der Waals surface area contributed by atoms with Crippen molar-refractivity contribution in [1.82, 2.24) is 0 Å². The molecule has 2 saturated carbocycles. The molecule has 0 amide bonds. The predicted octanol–water partition coefficient (Wildman–Crippen LogP) is 1.50. The maximum Gasteiger partial charge on any atom is 0.321 e. The summed E-state index contributed by atoms with van der Waals surface area (Å²) in [6, 6.07) is 0. The van der Waals surface area contributed by atoms with Crippen LogP contribution in [0, 0.1) is 17.8 Å². The number of hydrogen-bond acceptors (Lipinski definition) is 4. The zero-order valence-corrected chi connectivity index (χ0v) is 10.2. The highest BCUT2D eigenvalue weighted by Crippen LogP contribution is 2.48. The van der Waals surface area contributed by atoms with Gasteiger partial charge in [-0.05, 0) is 31.6 Å². The molecule has 2 heterocycles. The zero-order chi connectivity index (χ0) is 12.0. The molecule has 0 radical (unpaired) electrons. The Balaban J connectivity index is 1.82. The Morgan fingerprint density at radius 3 is 2.94 bits per heavy atom. The van der Waals surface area contributed by atoms with Crippen molar-refractivity contribution in [3.8, 4) is 0 Å². The van der Waals surface area contributed by atoms with Crippen molar-refractivity contribution in [2.75, 3.05) is 5.88 Å². The van der Waals surface area contributed by atoms with Gasteiger partial charge in [-0.1, -0.05) is 0 Å². The first-order valence-corrected chi connectivity index (χ1v) is 6.66. The van der Waals surface area contributed by atoms with Crippen molar-refractivity contribution in [2.45, 2.75) is 37.9 Å². The van der Waals surface area contributed by atoms with Gasteiger partial charge in [0.25, 0.3) is 0 Å². The Morgan fingerprint density at radius 2 is 2.18 bits per heavy atom. The Morgan fingerprint density at radius 1 is 1.35 bits per heavy atom. The van der Waals surface area contributed by atoms with E-state index in [9.17, 15) is 9.59 Å². The molecular weight excluding hydrogens is 244 g/mol. The minimum absolute atomic E-state index is 0.0171. The molecule has 2 aliphatic heterocycles. The van der Waals surface area contributed by atoms with Gasteiger partial charge in [0.15, 0.2) is 0 Å². The molecule has 4 nitrogen and oxygen atoms in total. The number of halogens is 1. The molecule has 2 aliphatic carbocycles. The van der Waals surface area contributed by atoms with Crippen molar-refractivity contribution in [1.29, 1.82) is 0 Å². The molecule has 94 valence electrons. The topological polar surface area (TPSA) is 52.6 Å². The SMILES string of the molecule is O=C(CCl)OC1C2CC3CC(C2)C(=O)OC1C3. The summed E-state index contributed by atoms with van der Waals surface area (Å²) in [7, 11) is 0. The lowest BCUT2D eigenvalue weighted by molar-refractivity contribution is -0.170. The summed E-state index contributed by atoms with van der Waals surface area (Å²) < 4.78 is 10.8. The summed E-state index contributed by atoms with van der Waals surface area (Å²) in [6.45, 7) is 0. The molecule has 4 aliphatic rings. The third kappa shape index (κ3) is 1.92. The van der Waals surface area contributed by atoms with Gasteiger partial charge in [0.1, 0.15) is 18.1 Å². The maximum atomic E-state index is 11.8. The summed E-state index contributed by atoms with van der Waals surface area (Å²) in [4.78, 5) is 23.1. The van der Waals surface area contributed by atoms with E-state index in [-0.39, 0.29) is 35.9 Å². The lowest BCUT2D eigenvalue weighted by atomic mass is 9.67. The molecule has 4 fully saturated rings. The third-order valence-corrected chi connectivity index (χ3v) is 4.43. The average molecular weight is 259 g/mol. The third-order valence-electron chi connectivity index (χ3n) is 4.22. The number of hydrogen-bond donors (Lipinski definition) is 0. The summed E-state index contributed by atoms with van der Waals surface area (Å²) >= 11 is 5.45. The van der Waals surface area contributed by atoms with Crippen LogP contribution in [0.15, 0.2) is 0 Å². The van der Waals surface area contributed by atoms with E-state index in [4.69, 9.17) is 21.1 Å². The zero-order valence-electron chi connectivity index (χ0n) is 9.43. The van der Waals surface area contributed by atoms with Gasteiger partial charge < -0.3 is 9.47 Å². The van der Waals surface area contributed by atoms with Crippen LogP contribution in [0.4, 0.5) is 0 Å². The molecule has 0 aromatic carbocycles. The molecule has 4 bridgehead atoms. The van der Waals surface area contributed by atoms with E-state index in [2.05, 4.69) is 0 Å². The van der Waals surface area contributed by atoms with Crippen molar-refractivity contribution < 1.29 is 19.1 Å². The molecule has 4 rings (SSSR count). The molecule has 5 atom stereocenters. The summed E-state index contributed by atoms with van der Waals surface area (Å²) in [5, 5.41) is 0. The monoisotopic (exact) mass is 258 g/mol. The van der Waals surface area contributed by atoms with Gasteiger partial charge >= 0.3 is 11.9 Å². The first-order chi connectivity index (χ1) is 8.17. The standard InChI is InChI=1S/C12H15ClO4/c13-5-10(14)17-11-7-1-6-2-8(4-7)12(15)16-9(11)3-6/h6-9,11H,1-5H2. The van der Waals surface area contributed by atoms with Crippen LogP contribution in [0.25, 0.3) is 0 Å². The lowest BCUT2D eigenvalue weighted by Gasteiger charge is -2.41. The van der Waals surface area contributed by atoms with Crippen LogP contribution in [0.1, 0.15) is 25.7 Å². The number of fused-ring (bicyclic) bond motifs is 1. The van der Waals surface area contributed by atoms with Gasteiger partial charge in [-0.3, -0.25) is 9.59 Å². The van der Waals surface area contributed by atoms with Crippen LogP contribution in [0.3, 0.4) is 0 Å². The molecule has 0 aromatic rings. The average Bonchev–Trinajstić information content (AvgIpc) is 2.47. The highest BCUT2D eigenvalue weighted by atomic mass is 35.5. The molecule has 2 saturated heterocycles. The van der Waals surface area contributed by atoms with Crippen LogP contribution in [-0.2, 0) is 19.1 Å². The first kappa shape index (κ1) is 11.3.